The van der Waals surface area contributed by atoms with Gasteiger partial charge in [0.25, 0.3) is 0 Å². The van der Waals surface area contributed by atoms with Gasteiger partial charge in [-0.1, -0.05) is 6.92 Å². The second-order valence-electron chi connectivity index (χ2n) is 5.95. The molecule has 0 fully saturated rings. The van der Waals surface area contributed by atoms with Gasteiger partial charge in [0, 0.05) is 30.8 Å². The van der Waals surface area contributed by atoms with E-state index in [2.05, 4.69) is 45.5 Å². The van der Waals surface area contributed by atoms with Crippen molar-refractivity contribution in [2.75, 3.05) is 13.1 Å². The molecule has 22 heavy (non-hydrogen) atoms. The third kappa shape index (κ3) is 3.47. The molecule has 3 rings (SSSR count). The smallest absolute Gasteiger partial charge is 0.220 e. The van der Waals surface area contributed by atoms with Crippen molar-refractivity contribution >= 4 is 11.3 Å². The predicted octanol–water partition coefficient (Wildman–Crippen LogP) is 3.37. The Kier molecular flexibility index (Phi) is 4.74. The molecule has 3 heterocycles. The molecule has 1 atom stereocenters. The summed E-state index contributed by atoms with van der Waals surface area (Å²) in [7, 11) is 0. The molecule has 0 unspecified atom stereocenters. The van der Waals surface area contributed by atoms with Gasteiger partial charge in [0.2, 0.25) is 5.88 Å². The summed E-state index contributed by atoms with van der Waals surface area (Å²) in [5.41, 5.74) is 3.63. The number of nitrogens with zero attached hydrogens (tertiary/aromatic N) is 3. The topological polar surface area (TPSA) is 38.2 Å². The van der Waals surface area contributed by atoms with Gasteiger partial charge in [-0.25, -0.2) is 4.98 Å². The van der Waals surface area contributed by atoms with E-state index in [0.717, 1.165) is 49.9 Å². The van der Waals surface area contributed by atoms with Crippen LogP contribution in [0.5, 0.6) is 5.88 Å². The van der Waals surface area contributed by atoms with Crippen LogP contribution in [0.25, 0.3) is 0 Å². The van der Waals surface area contributed by atoms with Gasteiger partial charge in [-0.2, -0.15) is 16.3 Å². The fourth-order valence-corrected chi connectivity index (χ4v) is 3.71. The number of aryl methyl sites for hydroxylation is 2. The van der Waals surface area contributed by atoms with Crippen molar-refractivity contribution in [3.05, 3.63) is 39.5 Å². The van der Waals surface area contributed by atoms with Crippen molar-refractivity contribution in [3.63, 3.8) is 0 Å². The molecule has 0 bridgehead atoms. The van der Waals surface area contributed by atoms with Crippen LogP contribution < -0.4 is 4.74 Å². The maximum atomic E-state index is 6.07. The average Bonchev–Trinajstić information content (AvgIpc) is 3.08. The monoisotopic (exact) mass is 317 g/mol. The van der Waals surface area contributed by atoms with E-state index in [1.54, 1.807) is 11.3 Å². The highest BCUT2D eigenvalue weighted by Gasteiger charge is 2.28. The molecule has 0 aliphatic carbocycles. The van der Waals surface area contributed by atoms with Crippen LogP contribution in [0.3, 0.4) is 0 Å². The van der Waals surface area contributed by atoms with Gasteiger partial charge in [-0.05, 0) is 49.2 Å². The highest BCUT2D eigenvalue weighted by molar-refractivity contribution is 7.07. The summed E-state index contributed by atoms with van der Waals surface area (Å²) in [4.78, 5) is 11.4. The number of rotatable bonds is 6. The van der Waals surface area contributed by atoms with E-state index in [-0.39, 0.29) is 6.10 Å². The van der Waals surface area contributed by atoms with E-state index < -0.39 is 0 Å². The van der Waals surface area contributed by atoms with E-state index >= 15 is 0 Å². The summed E-state index contributed by atoms with van der Waals surface area (Å²) < 4.78 is 6.07. The zero-order valence-corrected chi connectivity index (χ0v) is 14.3. The van der Waals surface area contributed by atoms with Gasteiger partial charge in [0.05, 0.1) is 0 Å². The molecule has 0 spiro atoms. The van der Waals surface area contributed by atoms with Crippen LogP contribution in [0.1, 0.15) is 36.0 Å². The maximum absolute atomic E-state index is 6.07. The molecule has 118 valence electrons. The number of hydrogen-bond acceptors (Lipinski definition) is 5. The van der Waals surface area contributed by atoms with Gasteiger partial charge < -0.3 is 4.74 Å². The zero-order valence-electron chi connectivity index (χ0n) is 13.5. The van der Waals surface area contributed by atoms with Gasteiger partial charge >= 0.3 is 0 Å². The fraction of sp³-hybridized carbons (Fsp3) is 0.529. The van der Waals surface area contributed by atoms with Crippen molar-refractivity contribution < 1.29 is 4.74 Å². The predicted molar refractivity (Wildman–Crippen MR) is 89.5 cm³/mol. The molecule has 1 aliphatic rings. The molecule has 5 heteroatoms. The minimum absolute atomic E-state index is 0.190. The Balaban J connectivity index is 1.66. The van der Waals surface area contributed by atoms with Crippen molar-refractivity contribution in [3.8, 4) is 5.88 Å². The first-order valence-corrected chi connectivity index (χ1v) is 8.84. The minimum Gasteiger partial charge on any atom is -0.472 e. The third-order valence-corrected chi connectivity index (χ3v) is 4.72. The molecule has 0 aromatic carbocycles. The lowest BCUT2D eigenvalue weighted by Gasteiger charge is -2.24. The van der Waals surface area contributed by atoms with Crippen LogP contribution in [-0.2, 0) is 13.0 Å². The molecule has 0 saturated heterocycles. The van der Waals surface area contributed by atoms with E-state index in [1.807, 2.05) is 6.92 Å². The molecule has 0 radical (unpaired) electrons. The number of ether oxygens (including phenoxy) is 1. The second kappa shape index (κ2) is 6.75. The van der Waals surface area contributed by atoms with Crippen LogP contribution in [0, 0.1) is 13.8 Å². The first-order valence-electron chi connectivity index (χ1n) is 7.90. The molecular formula is C17H23N3OS. The molecule has 4 nitrogen and oxygen atoms in total. The van der Waals surface area contributed by atoms with Crippen LogP contribution in [0.2, 0.25) is 0 Å². The maximum Gasteiger partial charge on any atom is 0.220 e. The molecule has 0 saturated carbocycles. The standard InChI is InChI=1S/C17H23N3OS/c1-4-6-20(9-14-5-7-22-11-14)10-15-8-16-12(2)18-13(3)19-17(16)21-15/h5,7,11,15H,4,6,8-10H2,1-3H3/t15-/m1/s1. The first-order chi connectivity index (χ1) is 10.7. The highest BCUT2D eigenvalue weighted by atomic mass is 32.1. The van der Waals surface area contributed by atoms with E-state index in [1.165, 1.54) is 11.1 Å². The fourth-order valence-electron chi connectivity index (χ4n) is 3.05. The Morgan fingerprint density at radius 1 is 1.36 bits per heavy atom. The summed E-state index contributed by atoms with van der Waals surface area (Å²) in [5.74, 6) is 1.59. The van der Waals surface area contributed by atoms with Crippen molar-refractivity contribution in [1.29, 1.82) is 0 Å². The lowest BCUT2D eigenvalue weighted by Crippen LogP contribution is -2.35. The van der Waals surface area contributed by atoms with Gasteiger partial charge in [0.15, 0.2) is 0 Å². The normalized spacial score (nSPS) is 16.8. The SMILES string of the molecule is CCCN(Cc1ccsc1)C[C@H]1Cc2c(C)nc(C)nc2O1. The summed E-state index contributed by atoms with van der Waals surface area (Å²) in [5, 5.41) is 4.37. The minimum atomic E-state index is 0.190. The number of thiophene rings is 1. The van der Waals surface area contributed by atoms with Crippen molar-refractivity contribution in [1.82, 2.24) is 14.9 Å². The summed E-state index contributed by atoms with van der Waals surface area (Å²) >= 11 is 1.76. The molecule has 2 aromatic heterocycles. The Bertz CT molecular complexity index is 627. The Labute approximate surface area is 136 Å². The van der Waals surface area contributed by atoms with Crippen molar-refractivity contribution in [2.24, 2.45) is 0 Å². The number of aromatic nitrogens is 2. The Hall–Kier alpha value is -1.46. The first kappa shape index (κ1) is 15.4. The lowest BCUT2D eigenvalue weighted by atomic mass is 10.1. The summed E-state index contributed by atoms with van der Waals surface area (Å²) in [6, 6.07) is 2.20. The van der Waals surface area contributed by atoms with Crippen LogP contribution in [-0.4, -0.2) is 34.1 Å². The Morgan fingerprint density at radius 2 is 2.23 bits per heavy atom. The van der Waals surface area contributed by atoms with Crippen LogP contribution in [0.15, 0.2) is 16.8 Å². The Morgan fingerprint density at radius 3 is 2.95 bits per heavy atom. The van der Waals surface area contributed by atoms with Crippen LogP contribution in [0.4, 0.5) is 0 Å². The van der Waals surface area contributed by atoms with Crippen LogP contribution >= 0.6 is 11.3 Å². The molecule has 0 amide bonds. The third-order valence-electron chi connectivity index (χ3n) is 3.99. The quantitative estimate of drug-likeness (QED) is 0.819. The second-order valence-corrected chi connectivity index (χ2v) is 6.73. The lowest BCUT2D eigenvalue weighted by molar-refractivity contribution is 0.142. The molecule has 2 aromatic rings. The zero-order chi connectivity index (χ0) is 15.5. The summed E-state index contributed by atoms with van der Waals surface area (Å²) in [6.07, 6.45) is 2.27. The number of hydrogen-bond donors (Lipinski definition) is 0. The van der Waals surface area contributed by atoms with Gasteiger partial charge in [-0.15, -0.1) is 0 Å². The molecule has 0 N–H and O–H groups in total. The van der Waals surface area contributed by atoms with E-state index in [9.17, 15) is 0 Å². The van der Waals surface area contributed by atoms with E-state index in [0.29, 0.717) is 0 Å². The largest absolute Gasteiger partial charge is 0.472 e. The number of fused-ring (bicyclic) bond motifs is 1. The van der Waals surface area contributed by atoms with Crippen molar-refractivity contribution in [2.45, 2.75) is 46.3 Å². The average molecular weight is 317 g/mol. The van der Waals surface area contributed by atoms with Gasteiger partial charge in [0.1, 0.15) is 11.9 Å². The molecule has 1 aliphatic heterocycles. The summed E-state index contributed by atoms with van der Waals surface area (Å²) in [6.45, 7) is 9.23. The van der Waals surface area contributed by atoms with Gasteiger partial charge in [-0.3, -0.25) is 4.90 Å². The highest BCUT2D eigenvalue weighted by Crippen LogP contribution is 2.29. The van der Waals surface area contributed by atoms with E-state index in [4.69, 9.17) is 4.74 Å². The molecular weight excluding hydrogens is 294 g/mol.